The molecule has 3 aromatic rings. The van der Waals surface area contributed by atoms with Crippen molar-refractivity contribution in [3.8, 4) is 0 Å². The van der Waals surface area contributed by atoms with Gasteiger partial charge in [0, 0.05) is 43.8 Å². The Balaban J connectivity index is 1.44. The van der Waals surface area contributed by atoms with Gasteiger partial charge in [-0.2, -0.15) is 0 Å². The Labute approximate surface area is 171 Å². The maximum Gasteiger partial charge on any atom is 0.274 e. The summed E-state index contributed by atoms with van der Waals surface area (Å²) in [7, 11) is 0. The van der Waals surface area contributed by atoms with Crippen molar-refractivity contribution >= 4 is 23.2 Å². The van der Waals surface area contributed by atoms with Crippen LogP contribution in [-0.2, 0) is 0 Å². The maximum absolute atomic E-state index is 12.7. The van der Waals surface area contributed by atoms with Crippen molar-refractivity contribution in [2.45, 2.75) is 13.8 Å². The molecule has 0 radical (unpaired) electrons. The van der Waals surface area contributed by atoms with Gasteiger partial charge in [-0.25, -0.2) is 9.97 Å². The normalized spacial score (nSPS) is 14.0. The summed E-state index contributed by atoms with van der Waals surface area (Å²) in [5.74, 6) is 0.386. The minimum Gasteiger partial charge on any atom is -0.368 e. The molecule has 1 fully saturated rings. The fourth-order valence-electron chi connectivity index (χ4n) is 3.50. The lowest BCUT2D eigenvalue weighted by Gasteiger charge is -2.36. The summed E-state index contributed by atoms with van der Waals surface area (Å²) in [4.78, 5) is 26.1. The van der Waals surface area contributed by atoms with Crippen LogP contribution in [0.1, 0.15) is 21.6 Å². The van der Waals surface area contributed by atoms with Gasteiger partial charge in [0.15, 0.2) is 0 Å². The fourth-order valence-corrected chi connectivity index (χ4v) is 3.50. The van der Waals surface area contributed by atoms with Crippen molar-refractivity contribution in [1.29, 1.82) is 0 Å². The first-order chi connectivity index (χ1) is 14.1. The van der Waals surface area contributed by atoms with Crippen LogP contribution in [0.2, 0.25) is 0 Å². The zero-order chi connectivity index (χ0) is 20.2. The van der Waals surface area contributed by atoms with Crippen LogP contribution in [0.15, 0.2) is 60.8 Å². The second-order valence-electron chi connectivity index (χ2n) is 7.25. The van der Waals surface area contributed by atoms with E-state index < -0.39 is 0 Å². The number of hydrogen-bond donors (Lipinski definition) is 1. The number of benzene rings is 2. The van der Waals surface area contributed by atoms with Crippen LogP contribution in [0.4, 0.5) is 17.3 Å². The molecule has 4 rings (SSSR count). The highest BCUT2D eigenvalue weighted by Gasteiger charge is 2.20. The third-order valence-corrected chi connectivity index (χ3v) is 5.41. The largest absolute Gasteiger partial charge is 0.368 e. The number of rotatable bonds is 4. The van der Waals surface area contributed by atoms with Crippen molar-refractivity contribution in [2.24, 2.45) is 0 Å². The standard InChI is InChI=1S/C23H25N5O/c1-17-7-6-10-20(18(17)2)25-22(29)21-11-12-24-23(26-21)28-15-13-27(14-16-28)19-8-4-3-5-9-19/h3-12H,13-16H2,1-2H3,(H,25,29). The van der Waals surface area contributed by atoms with E-state index in [0.29, 0.717) is 11.6 Å². The first-order valence-corrected chi connectivity index (χ1v) is 9.87. The molecule has 2 aromatic carbocycles. The highest BCUT2D eigenvalue weighted by Crippen LogP contribution is 2.20. The number of nitrogens with zero attached hydrogens (tertiary/aromatic N) is 4. The van der Waals surface area contributed by atoms with Crippen molar-refractivity contribution in [3.05, 3.63) is 77.6 Å². The fraction of sp³-hybridized carbons (Fsp3) is 0.261. The van der Waals surface area contributed by atoms with E-state index in [2.05, 4.69) is 49.4 Å². The van der Waals surface area contributed by atoms with Crippen molar-refractivity contribution < 1.29 is 4.79 Å². The topological polar surface area (TPSA) is 61.4 Å². The number of hydrogen-bond acceptors (Lipinski definition) is 5. The Kier molecular flexibility index (Phi) is 5.42. The van der Waals surface area contributed by atoms with Gasteiger partial charge in [0.1, 0.15) is 5.69 Å². The number of nitrogens with one attached hydrogen (secondary N) is 1. The van der Waals surface area contributed by atoms with Crippen LogP contribution in [0.5, 0.6) is 0 Å². The van der Waals surface area contributed by atoms with Crippen LogP contribution >= 0.6 is 0 Å². The second kappa shape index (κ2) is 8.31. The van der Waals surface area contributed by atoms with Gasteiger partial charge < -0.3 is 15.1 Å². The molecule has 6 heteroatoms. The van der Waals surface area contributed by atoms with E-state index in [1.54, 1.807) is 12.3 Å². The first-order valence-electron chi connectivity index (χ1n) is 9.87. The van der Waals surface area contributed by atoms with Crippen molar-refractivity contribution in [3.63, 3.8) is 0 Å². The van der Waals surface area contributed by atoms with Gasteiger partial charge in [-0.15, -0.1) is 0 Å². The summed E-state index contributed by atoms with van der Waals surface area (Å²) >= 11 is 0. The molecule has 1 aromatic heterocycles. The Morgan fingerprint density at radius 2 is 1.62 bits per heavy atom. The SMILES string of the molecule is Cc1cccc(NC(=O)c2ccnc(N3CCN(c4ccccc4)CC3)n2)c1C. The average molecular weight is 387 g/mol. The lowest BCUT2D eigenvalue weighted by atomic mass is 10.1. The number of anilines is 3. The van der Waals surface area contributed by atoms with E-state index >= 15 is 0 Å². The van der Waals surface area contributed by atoms with E-state index in [1.165, 1.54) is 5.69 Å². The molecule has 0 unspecified atom stereocenters. The van der Waals surface area contributed by atoms with Gasteiger partial charge >= 0.3 is 0 Å². The van der Waals surface area contributed by atoms with Crippen LogP contribution in [0.25, 0.3) is 0 Å². The average Bonchev–Trinajstić information content (AvgIpc) is 2.78. The molecule has 6 nitrogen and oxygen atoms in total. The molecule has 1 amide bonds. The predicted octanol–water partition coefficient (Wildman–Crippen LogP) is 3.67. The molecule has 0 bridgehead atoms. The Bertz CT molecular complexity index is 997. The molecule has 0 saturated carbocycles. The van der Waals surface area contributed by atoms with Gasteiger partial charge in [-0.3, -0.25) is 4.79 Å². The maximum atomic E-state index is 12.7. The summed E-state index contributed by atoms with van der Waals surface area (Å²) in [6, 6.07) is 17.9. The number of para-hydroxylation sites is 1. The molecule has 0 aliphatic carbocycles. The molecule has 148 valence electrons. The smallest absolute Gasteiger partial charge is 0.274 e. The Morgan fingerprint density at radius 1 is 0.897 bits per heavy atom. The van der Waals surface area contributed by atoms with Crippen LogP contribution in [0.3, 0.4) is 0 Å². The third-order valence-electron chi connectivity index (χ3n) is 5.41. The van der Waals surface area contributed by atoms with Crippen LogP contribution < -0.4 is 15.1 Å². The minimum absolute atomic E-state index is 0.217. The van der Waals surface area contributed by atoms with E-state index in [9.17, 15) is 4.79 Å². The quantitative estimate of drug-likeness (QED) is 0.740. The summed E-state index contributed by atoms with van der Waals surface area (Å²) in [5, 5.41) is 2.97. The molecule has 1 aliphatic heterocycles. The number of amides is 1. The molecule has 1 N–H and O–H groups in total. The zero-order valence-corrected chi connectivity index (χ0v) is 16.8. The number of aryl methyl sites for hydroxylation is 1. The van der Waals surface area contributed by atoms with Gasteiger partial charge in [-0.1, -0.05) is 30.3 Å². The summed E-state index contributed by atoms with van der Waals surface area (Å²) in [6.45, 7) is 7.46. The van der Waals surface area contributed by atoms with Crippen LogP contribution in [0, 0.1) is 13.8 Å². The summed E-state index contributed by atoms with van der Waals surface area (Å²) < 4.78 is 0. The second-order valence-corrected chi connectivity index (χ2v) is 7.25. The van der Waals surface area contributed by atoms with Crippen molar-refractivity contribution in [2.75, 3.05) is 41.3 Å². The summed E-state index contributed by atoms with van der Waals surface area (Å²) in [6.07, 6.45) is 1.66. The molecular weight excluding hydrogens is 362 g/mol. The molecule has 2 heterocycles. The monoisotopic (exact) mass is 387 g/mol. The van der Waals surface area contributed by atoms with Gasteiger partial charge in [0.2, 0.25) is 5.95 Å². The molecule has 29 heavy (non-hydrogen) atoms. The predicted molar refractivity (Wildman–Crippen MR) is 117 cm³/mol. The Hall–Kier alpha value is -3.41. The first kappa shape index (κ1) is 18.9. The molecule has 1 saturated heterocycles. The highest BCUT2D eigenvalue weighted by molar-refractivity contribution is 6.03. The Morgan fingerprint density at radius 3 is 2.38 bits per heavy atom. The van der Waals surface area contributed by atoms with Gasteiger partial charge in [0.25, 0.3) is 5.91 Å². The van der Waals surface area contributed by atoms with Crippen molar-refractivity contribution in [1.82, 2.24) is 9.97 Å². The van der Waals surface area contributed by atoms with Crippen LogP contribution in [-0.4, -0.2) is 42.1 Å². The van der Waals surface area contributed by atoms with E-state index in [4.69, 9.17) is 0 Å². The minimum atomic E-state index is -0.217. The van der Waals surface area contributed by atoms with E-state index in [0.717, 1.165) is 43.0 Å². The number of aromatic nitrogens is 2. The van der Waals surface area contributed by atoms with E-state index in [1.807, 2.05) is 38.1 Å². The highest BCUT2D eigenvalue weighted by atomic mass is 16.1. The number of carbonyl (C=O) groups excluding carboxylic acids is 1. The third kappa shape index (κ3) is 4.21. The molecular formula is C23H25N5O. The lowest BCUT2D eigenvalue weighted by molar-refractivity contribution is 0.102. The molecule has 1 aliphatic rings. The summed E-state index contributed by atoms with van der Waals surface area (Å²) in [5.41, 5.74) is 4.62. The lowest BCUT2D eigenvalue weighted by Crippen LogP contribution is -2.47. The van der Waals surface area contributed by atoms with E-state index in [-0.39, 0.29) is 5.91 Å². The number of carbonyl (C=O) groups is 1. The molecule has 0 atom stereocenters. The van der Waals surface area contributed by atoms with Gasteiger partial charge in [0.05, 0.1) is 0 Å². The number of piperazine rings is 1. The molecule has 0 spiro atoms. The zero-order valence-electron chi connectivity index (χ0n) is 16.8. The van der Waals surface area contributed by atoms with Gasteiger partial charge in [-0.05, 0) is 49.2 Å².